The topological polar surface area (TPSA) is 97.5 Å². The van der Waals surface area contributed by atoms with Gasteiger partial charge in [-0.25, -0.2) is 4.98 Å². The van der Waals surface area contributed by atoms with Crippen LogP contribution in [0.15, 0.2) is 40.5 Å². The largest absolute Gasteiger partial charge is 0.345 e. The Hall–Kier alpha value is -2.26. The van der Waals surface area contributed by atoms with Crippen LogP contribution in [0.25, 0.3) is 0 Å². The molecule has 0 aliphatic carbocycles. The van der Waals surface area contributed by atoms with Crippen molar-refractivity contribution >= 4 is 44.1 Å². The van der Waals surface area contributed by atoms with Crippen LogP contribution in [-0.4, -0.2) is 20.7 Å². The van der Waals surface area contributed by atoms with Crippen molar-refractivity contribution in [1.29, 1.82) is 0 Å². The Morgan fingerprint density at radius 3 is 2.85 bits per heavy atom. The highest BCUT2D eigenvalue weighted by Gasteiger charge is 2.27. The van der Waals surface area contributed by atoms with Gasteiger partial charge in [-0.15, -0.1) is 0 Å². The molecule has 20 heavy (non-hydrogen) atoms. The first-order valence-corrected chi connectivity index (χ1v) is 7.04. The molecular formula is C11H6N4O3S2. The Balaban J connectivity index is 1.78. The molecule has 0 unspecified atom stereocenters. The molecule has 0 radical (unpaired) electrons. The zero-order valence-electron chi connectivity index (χ0n) is 9.77. The van der Waals surface area contributed by atoms with E-state index in [-0.39, 0.29) is 15.9 Å². The number of rotatable bonds is 3. The van der Waals surface area contributed by atoms with Gasteiger partial charge in [-0.1, -0.05) is 23.9 Å². The molecule has 0 fully saturated rings. The third-order valence-corrected chi connectivity index (χ3v) is 4.36. The fraction of sp³-hybridized carbons (Fsp3) is 0. The van der Waals surface area contributed by atoms with E-state index in [0.717, 1.165) is 22.4 Å². The zero-order valence-corrected chi connectivity index (χ0v) is 11.4. The summed E-state index contributed by atoms with van der Waals surface area (Å²) in [4.78, 5) is 26.7. The second kappa shape index (κ2) is 5.02. The van der Waals surface area contributed by atoms with Gasteiger partial charge in [0, 0.05) is 10.5 Å². The van der Waals surface area contributed by atoms with E-state index in [0.29, 0.717) is 10.6 Å². The van der Waals surface area contributed by atoms with Gasteiger partial charge < -0.3 is 0 Å². The van der Waals surface area contributed by atoms with Crippen molar-refractivity contribution in [2.45, 2.75) is 4.90 Å². The van der Waals surface area contributed by atoms with E-state index in [4.69, 9.17) is 0 Å². The molecule has 0 saturated carbocycles. The highest BCUT2D eigenvalue weighted by atomic mass is 32.2. The SMILES string of the molecule is O=C1C(=NNc2ncc([N+](=O)[O-])s2)Sc2ccccc21. The zero-order chi connectivity index (χ0) is 14.1. The van der Waals surface area contributed by atoms with Crippen LogP contribution < -0.4 is 5.43 Å². The van der Waals surface area contributed by atoms with Crippen molar-refractivity contribution in [3.05, 3.63) is 46.1 Å². The number of nitrogens with zero attached hydrogens (tertiary/aromatic N) is 3. The van der Waals surface area contributed by atoms with Crippen LogP contribution in [0.5, 0.6) is 0 Å². The van der Waals surface area contributed by atoms with Gasteiger partial charge >= 0.3 is 5.00 Å². The fourth-order valence-electron chi connectivity index (χ4n) is 1.58. The molecule has 0 amide bonds. The number of aromatic nitrogens is 1. The number of thioether (sulfide) groups is 1. The average molecular weight is 306 g/mol. The number of anilines is 1. The van der Waals surface area contributed by atoms with Crippen molar-refractivity contribution in [2.24, 2.45) is 5.10 Å². The quantitative estimate of drug-likeness (QED) is 0.691. The number of carbonyl (C=O) groups excluding carboxylic acids is 1. The van der Waals surface area contributed by atoms with E-state index in [9.17, 15) is 14.9 Å². The molecule has 2 aromatic rings. The summed E-state index contributed by atoms with van der Waals surface area (Å²) in [7, 11) is 0. The predicted molar refractivity (Wildman–Crippen MR) is 76.5 cm³/mol. The lowest BCUT2D eigenvalue weighted by atomic mass is 10.1. The number of carbonyl (C=O) groups is 1. The first-order valence-electron chi connectivity index (χ1n) is 5.40. The number of hydrogen-bond acceptors (Lipinski definition) is 8. The molecule has 0 saturated heterocycles. The molecular weight excluding hydrogens is 300 g/mol. The van der Waals surface area contributed by atoms with Gasteiger partial charge in [0.05, 0.1) is 4.92 Å². The number of ketones is 1. The Bertz CT molecular complexity index is 741. The molecule has 3 rings (SSSR count). The Morgan fingerprint density at radius 2 is 2.15 bits per heavy atom. The standard InChI is InChI=1S/C11H6N4O3S2/c16-9-6-3-1-2-4-7(6)19-10(9)13-14-11-12-5-8(20-11)15(17)18/h1-5H,(H,12,14). The van der Waals surface area contributed by atoms with Gasteiger partial charge in [-0.2, -0.15) is 5.10 Å². The molecule has 7 nitrogen and oxygen atoms in total. The predicted octanol–water partition coefficient (Wildman–Crippen LogP) is 2.77. The summed E-state index contributed by atoms with van der Waals surface area (Å²) < 4.78 is 0. The fourth-order valence-corrected chi connectivity index (χ4v) is 3.08. The van der Waals surface area contributed by atoms with Gasteiger partial charge in [-0.05, 0) is 23.5 Å². The second-order valence-corrected chi connectivity index (χ2v) is 5.76. The molecule has 1 aromatic carbocycles. The lowest BCUT2D eigenvalue weighted by molar-refractivity contribution is -0.380. The van der Waals surface area contributed by atoms with Crippen LogP contribution in [0.3, 0.4) is 0 Å². The van der Waals surface area contributed by atoms with Crippen molar-refractivity contribution in [3.8, 4) is 0 Å². The van der Waals surface area contributed by atoms with Crippen molar-refractivity contribution in [1.82, 2.24) is 4.98 Å². The van der Waals surface area contributed by atoms with Crippen molar-refractivity contribution in [3.63, 3.8) is 0 Å². The molecule has 100 valence electrons. The molecule has 0 atom stereocenters. The van der Waals surface area contributed by atoms with Gasteiger partial charge in [-0.3, -0.25) is 20.3 Å². The summed E-state index contributed by atoms with van der Waals surface area (Å²) in [5.41, 5.74) is 3.19. The minimum atomic E-state index is -0.526. The molecule has 1 aromatic heterocycles. The van der Waals surface area contributed by atoms with Crippen LogP contribution in [0.4, 0.5) is 10.1 Å². The normalized spacial score (nSPS) is 15.4. The van der Waals surface area contributed by atoms with Crippen LogP contribution in [0, 0.1) is 10.1 Å². The Labute approximate surface area is 120 Å². The lowest BCUT2D eigenvalue weighted by Crippen LogP contribution is -2.06. The highest BCUT2D eigenvalue weighted by Crippen LogP contribution is 2.33. The van der Waals surface area contributed by atoms with Crippen LogP contribution >= 0.6 is 23.1 Å². The molecule has 1 aliphatic rings. The monoisotopic (exact) mass is 306 g/mol. The van der Waals surface area contributed by atoms with E-state index in [1.54, 1.807) is 12.1 Å². The van der Waals surface area contributed by atoms with Crippen LogP contribution in [0.2, 0.25) is 0 Å². The average Bonchev–Trinajstić information content (AvgIpc) is 3.03. The van der Waals surface area contributed by atoms with E-state index in [2.05, 4.69) is 15.5 Å². The van der Waals surface area contributed by atoms with Gasteiger partial charge in [0.15, 0.2) is 5.04 Å². The highest BCUT2D eigenvalue weighted by molar-refractivity contribution is 8.16. The number of nitro groups is 1. The van der Waals surface area contributed by atoms with Crippen LogP contribution in [0.1, 0.15) is 10.4 Å². The van der Waals surface area contributed by atoms with Gasteiger partial charge in [0.2, 0.25) is 10.9 Å². The summed E-state index contributed by atoms with van der Waals surface area (Å²) in [5, 5.41) is 15.0. The van der Waals surface area contributed by atoms with E-state index < -0.39 is 4.92 Å². The second-order valence-electron chi connectivity index (χ2n) is 3.72. The molecule has 9 heteroatoms. The summed E-state index contributed by atoms with van der Waals surface area (Å²) in [6, 6.07) is 7.22. The molecule has 0 spiro atoms. The summed E-state index contributed by atoms with van der Waals surface area (Å²) in [6.07, 6.45) is 1.14. The number of nitrogens with one attached hydrogen (secondary N) is 1. The number of benzene rings is 1. The number of thiazole rings is 1. The third kappa shape index (κ3) is 2.28. The maximum absolute atomic E-state index is 12.0. The summed E-state index contributed by atoms with van der Waals surface area (Å²) in [6.45, 7) is 0. The van der Waals surface area contributed by atoms with E-state index >= 15 is 0 Å². The first-order chi connectivity index (χ1) is 9.65. The first kappa shape index (κ1) is 12.8. The van der Waals surface area contributed by atoms with Gasteiger partial charge in [0.1, 0.15) is 6.20 Å². The molecule has 1 aliphatic heterocycles. The minimum absolute atomic E-state index is 0.0820. The summed E-state index contributed by atoms with van der Waals surface area (Å²) >= 11 is 2.12. The Morgan fingerprint density at radius 1 is 1.35 bits per heavy atom. The third-order valence-electron chi connectivity index (χ3n) is 2.46. The molecule has 0 bridgehead atoms. The number of hydrazone groups is 1. The molecule has 2 heterocycles. The van der Waals surface area contributed by atoms with E-state index in [1.165, 1.54) is 11.8 Å². The number of fused-ring (bicyclic) bond motifs is 1. The Kier molecular flexibility index (Phi) is 3.20. The maximum atomic E-state index is 12.0. The maximum Gasteiger partial charge on any atom is 0.345 e. The summed E-state index contributed by atoms with van der Waals surface area (Å²) in [5.74, 6) is -0.163. The number of hydrogen-bond donors (Lipinski definition) is 1. The lowest BCUT2D eigenvalue weighted by Gasteiger charge is -1.94. The van der Waals surface area contributed by atoms with Gasteiger partial charge in [0.25, 0.3) is 0 Å². The number of Topliss-reactive ketones (excluding diaryl/α,β-unsaturated/α-hetero) is 1. The molecule has 1 N–H and O–H groups in total. The van der Waals surface area contributed by atoms with E-state index in [1.807, 2.05) is 12.1 Å². The minimum Gasteiger partial charge on any atom is -0.286 e. The van der Waals surface area contributed by atoms with Crippen LogP contribution in [-0.2, 0) is 0 Å². The van der Waals surface area contributed by atoms with Crippen molar-refractivity contribution in [2.75, 3.05) is 5.43 Å². The van der Waals surface area contributed by atoms with Crippen molar-refractivity contribution < 1.29 is 9.72 Å². The smallest absolute Gasteiger partial charge is 0.286 e.